The number of amides is 1. The number of thioether (sulfide) groups is 1. The average Bonchev–Trinajstić information content (AvgIpc) is 3.39. The summed E-state index contributed by atoms with van der Waals surface area (Å²) in [6.45, 7) is 6.16. The summed E-state index contributed by atoms with van der Waals surface area (Å²) < 4.78 is 0.572. The molecule has 1 aromatic heterocycles. The number of rotatable bonds is 7. The smallest absolute Gasteiger partial charge is 0.234 e. The molecule has 1 amide bonds. The Kier molecular flexibility index (Phi) is 8.23. The maximum Gasteiger partial charge on any atom is 0.234 e. The Hall–Kier alpha value is -3.65. The second kappa shape index (κ2) is 11.7. The summed E-state index contributed by atoms with van der Waals surface area (Å²) in [7, 11) is 0. The van der Waals surface area contributed by atoms with E-state index >= 15 is 0 Å². The first-order valence-electron chi connectivity index (χ1n) is 13.2. The number of aryl methyl sites for hydroxylation is 1. The molecule has 0 saturated carbocycles. The second-order valence-electron chi connectivity index (χ2n) is 10.8. The first kappa shape index (κ1) is 28.9. The lowest BCUT2D eigenvalue weighted by Crippen LogP contribution is -2.42. The second-order valence-corrected chi connectivity index (χ2v) is 13.4. The molecule has 0 bridgehead atoms. The van der Waals surface area contributed by atoms with Crippen LogP contribution in [0.3, 0.4) is 0 Å². The SMILES string of the molecule is CCc1ccc(NC(=O)CSc2nnc(N3C(N)=C(C#N)C(c4cccc(Cl)c4)C4=C3CC(C)(C)CC4=O)s2)cc1. The molecule has 3 aromatic rings. The molecular formula is C30H29ClN6O2S2. The van der Waals surface area contributed by atoms with Crippen molar-refractivity contribution >= 4 is 57.2 Å². The number of benzene rings is 2. The highest BCUT2D eigenvalue weighted by molar-refractivity contribution is 8.01. The molecule has 2 aromatic carbocycles. The summed E-state index contributed by atoms with van der Waals surface area (Å²) >= 11 is 8.82. The van der Waals surface area contributed by atoms with Gasteiger partial charge in [-0.15, -0.1) is 10.2 Å². The van der Waals surface area contributed by atoms with Crippen LogP contribution < -0.4 is 16.0 Å². The van der Waals surface area contributed by atoms with Gasteiger partial charge in [-0.3, -0.25) is 14.5 Å². The molecule has 11 heteroatoms. The molecule has 2 aliphatic rings. The van der Waals surface area contributed by atoms with Crippen molar-refractivity contribution in [2.24, 2.45) is 11.1 Å². The van der Waals surface area contributed by atoms with E-state index in [4.69, 9.17) is 17.3 Å². The van der Waals surface area contributed by atoms with E-state index in [1.807, 2.05) is 44.2 Å². The molecule has 2 heterocycles. The Balaban J connectivity index is 1.44. The van der Waals surface area contributed by atoms with Crippen molar-refractivity contribution in [3.05, 3.63) is 87.3 Å². The number of allylic oxidation sites excluding steroid dienone is 3. The zero-order valence-electron chi connectivity index (χ0n) is 22.9. The predicted octanol–water partition coefficient (Wildman–Crippen LogP) is 6.43. The number of nitriles is 1. The largest absolute Gasteiger partial charge is 0.384 e. The molecule has 1 atom stereocenters. The van der Waals surface area contributed by atoms with Gasteiger partial charge >= 0.3 is 0 Å². The number of hydrogen-bond acceptors (Lipinski definition) is 9. The van der Waals surface area contributed by atoms with E-state index in [0.29, 0.717) is 38.6 Å². The molecule has 5 rings (SSSR count). The third-order valence-electron chi connectivity index (χ3n) is 7.12. The van der Waals surface area contributed by atoms with Crippen molar-refractivity contribution in [1.82, 2.24) is 10.2 Å². The topological polar surface area (TPSA) is 125 Å². The highest BCUT2D eigenvalue weighted by Crippen LogP contribution is 2.50. The van der Waals surface area contributed by atoms with Gasteiger partial charge in [0.05, 0.1) is 23.3 Å². The van der Waals surface area contributed by atoms with Crippen LogP contribution in [0.2, 0.25) is 5.02 Å². The standard InChI is InChI=1S/C30H29ClN6O2S2/c1-4-17-8-10-20(11-9-17)34-24(39)16-40-29-36-35-28(41-29)37-22-13-30(2,3)14-23(38)26(22)25(21(15-32)27(37)33)18-6-5-7-19(31)12-18/h5-12,25H,4,13-14,16,33H2,1-3H3,(H,34,39). The molecule has 0 radical (unpaired) electrons. The predicted molar refractivity (Wildman–Crippen MR) is 164 cm³/mol. The number of anilines is 2. The molecule has 0 fully saturated rings. The van der Waals surface area contributed by atoms with Gasteiger partial charge in [-0.1, -0.05) is 79.7 Å². The summed E-state index contributed by atoms with van der Waals surface area (Å²) in [5.41, 5.74) is 10.6. The number of hydrogen-bond donors (Lipinski definition) is 2. The number of halogens is 1. The summed E-state index contributed by atoms with van der Waals surface area (Å²) in [6.07, 6.45) is 1.84. The number of aromatic nitrogens is 2. The number of carbonyl (C=O) groups is 2. The van der Waals surface area contributed by atoms with E-state index in [1.54, 1.807) is 23.1 Å². The summed E-state index contributed by atoms with van der Waals surface area (Å²) in [4.78, 5) is 27.9. The fraction of sp³-hybridized carbons (Fsp3) is 0.300. The molecule has 1 aliphatic heterocycles. The molecule has 0 saturated heterocycles. The molecule has 3 N–H and O–H groups in total. The van der Waals surface area contributed by atoms with Crippen LogP contribution in [0.1, 0.15) is 50.7 Å². The maximum atomic E-state index is 13.7. The van der Waals surface area contributed by atoms with Gasteiger partial charge in [-0.25, -0.2) is 0 Å². The number of Topliss-reactive ketones (excluding diaryl/α,β-unsaturated/α-hetero) is 1. The van der Waals surface area contributed by atoms with Crippen molar-refractivity contribution in [2.45, 2.75) is 50.3 Å². The number of nitrogens with zero attached hydrogens (tertiary/aromatic N) is 4. The maximum absolute atomic E-state index is 13.7. The molecule has 8 nitrogen and oxygen atoms in total. The monoisotopic (exact) mass is 604 g/mol. The minimum Gasteiger partial charge on any atom is -0.384 e. The quantitative estimate of drug-likeness (QED) is 0.296. The minimum atomic E-state index is -0.620. The van der Waals surface area contributed by atoms with Crippen LogP contribution in [0, 0.1) is 16.7 Å². The molecule has 41 heavy (non-hydrogen) atoms. The number of nitrogens with one attached hydrogen (secondary N) is 1. The number of ketones is 1. The third kappa shape index (κ3) is 6.03. The van der Waals surface area contributed by atoms with Crippen molar-refractivity contribution in [3.8, 4) is 6.07 Å². The lowest BCUT2D eigenvalue weighted by Gasteiger charge is -2.42. The van der Waals surface area contributed by atoms with Crippen molar-refractivity contribution < 1.29 is 9.59 Å². The van der Waals surface area contributed by atoms with Crippen LogP contribution in [0.5, 0.6) is 0 Å². The van der Waals surface area contributed by atoms with Gasteiger partial charge in [0, 0.05) is 28.4 Å². The lowest BCUT2D eigenvalue weighted by molar-refractivity contribution is -0.118. The van der Waals surface area contributed by atoms with Crippen molar-refractivity contribution in [1.29, 1.82) is 5.26 Å². The van der Waals surface area contributed by atoms with Gasteiger partial charge in [-0.2, -0.15) is 5.26 Å². The number of carbonyl (C=O) groups excluding carboxylic acids is 2. The van der Waals surface area contributed by atoms with E-state index in [9.17, 15) is 14.9 Å². The zero-order valence-corrected chi connectivity index (χ0v) is 25.3. The fourth-order valence-electron chi connectivity index (χ4n) is 5.25. The van der Waals surface area contributed by atoms with Crippen molar-refractivity contribution in [3.63, 3.8) is 0 Å². The van der Waals surface area contributed by atoms with E-state index < -0.39 is 5.92 Å². The van der Waals surface area contributed by atoms with Gasteiger partial charge in [0.1, 0.15) is 5.82 Å². The van der Waals surface area contributed by atoms with E-state index in [-0.39, 0.29) is 34.3 Å². The van der Waals surface area contributed by atoms with E-state index in [0.717, 1.165) is 17.7 Å². The highest BCUT2D eigenvalue weighted by atomic mass is 35.5. The Morgan fingerprint density at radius 2 is 2.00 bits per heavy atom. The highest BCUT2D eigenvalue weighted by Gasteiger charge is 2.45. The molecule has 1 unspecified atom stereocenters. The summed E-state index contributed by atoms with van der Waals surface area (Å²) in [6, 6.07) is 17.2. The Morgan fingerprint density at radius 3 is 2.68 bits per heavy atom. The van der Waals surface area contributed by atoms with Crippen LogP contribution in [-0.4, -0.2) is 27.6 Å². The lowest BCUT2D eigenvalue weighted by atomic mass is 9.69. The van der Waals surface area contributed by atoms with Crippen LogP contribution in [-0.2, 0) is 16.0 Å². The minimum absolute atomic E-state index is 0.0331. The average molecular weight is 605 g/mol. The summed E-state index contributed by atoms with van der Waals surface area (Å²) in [5, 5.41) is 22.7. The zero-order chi connectivity index (χ0) is 29.3. The molecular weight excluding hydrogens is 576 g/mol. The molecule has 210 valence electrons. The Labute approximate surface area is 252 Å². The van der Waals surface area contributed by atoms with Gasteiger partial charge < -0.3 is 11.1 Å². The summed E-state index contributed by atoms with van der Waals surface area (Å²) in [5.74, 6) is -0.452. The van der Waals surface area contributed by atoms with Gasteiger partial charge in [0.25, 0.3) is 0 Å². The Bertz CT molecular complexity index is 1620. The number of nitrogens with two attached hydrogens (primary N) is 1. The van der Waals surface area contributed by atoms with Crippen LogP contribution >= 0.6 is 34.7 Å². The van der Waals surface area contributed by atoms with Crippen LogP contribution in [0.15, 0.2) is 75.5 Å². The van der Waals surface area contributed by atoms with Gasteiger partial charge in [0.2, 0.25) is 11.0 Å². The van der Waals surface area contributed by atoms with Gasteiger partial charge in [-0.05, 0) is 53.6 Å². The molecule has 1 aliphatic carbocycles. The van der Waals surface area contributed by atoms with Crippen LogP contribution in [0.25, 0.3) is 0 Å². The van der Waals surface area contributed by atoms with Crippen LogP contribution in [0.4, 0.5) is 10.8 Å². The van der Waals surface area contributed by atoms with Gasteiger partial charge in [0.15, 0.2) is 10.1 Å². The van der Waals surface area contributed by atoms with E-state index in [2.05, 4.69) is 28.5 Å². The Morgan fingerprint density at radius 1 is 1.24 bits per heavy atom. The fourth-order valence-corrected chi connectivity index (χ4v) is 7.13. The first-order valence-corrected chi connectivity index (χ1v) is 15.3. The molecule has 0 spiro atoms. The normalized spacial score (nSPS) is 18.3. The van der Waals surface area contributed by atoms with Crippen molar-refractivity contribution in [2.75, 3.05) is 16.0 Å². The first-order chi connectivity index (χ1) is 19.6. The van der Waals surface area contributed by atoms with E-state index in [1.165, 1.54) is 28.7 Å². The third-order valence-corrected chi connectivity index (χ3v) is 9.40.